The molecule has 3 aliphatic rings. The summed E-state index contributed by atoms with van der Waals surface area (Å²) < 4.78 is 47.1. The molecule has 1 saturated carbocycles. The third-order valence-electron chi connectivity index (χ3n) is 5.34. The fraction of sp³-hybridized carbons (Fsp3) is 0.600. The first kappa shape index (κ1) is 19.1. The molecular weight excluding hydrogens is 368 g/mol. The number of hydrogen-bond donors (Lipinski definition) is 0. The van der Waals surface area contributed by atoms with Gasteiger partial charge in [-0.1, -0.05) is 36.8 Å². The van der Waals surface area contributed by atoms with E-state index in [4.69, 9.17) is 18.4 Å². The van der Waals surface area contributed by atoms with E-state index in [2.05, 4.69) is 0 Å². The standard InChI is InChI=1S/C20H26O6S/c1-27(21,22)26-17-12-16(14-23-13-15-8-4-2-5-9-15)18-19(17)25-20(24-18)10-6-3-7-11-20/h2,4-5,8-9,12,17-19H,3,6-7,10-11,13-14H2,1H3/t17-,18+,19+/m1/s1. The van der Waals surface area contributed by atoms with Gasteiger partial charge in [0.05, 0.1) is 19.5 Å². The van der Waals surface area contributed by atoms with Crippen LogP contribution in [0.2, 0.25) is 0 Å². The SMILES string of the molecule is CS(=O)(=O)O[C@@H]1C=C(COCc2ccccc2)[C@@H]2OC3(CCCCC3)O[C@@H]12. The molecule has 1 aliphatic heterocycles. The quantitative estimate of drug-likeness (QED) is 0.546. The van der Waals surface area contributed by atoms with Gasteiger partial charge in [-0.15, -0.1) is 0 Å². The molecule has 6 nitrogen and oxygen atoms in total. The summed E-state index contributed by atoms with van der Waals surface area (Å²) in [5.74, 6) is -0.606. The van der Waals surface area contributed by atoms with Crippen molar-refractivity contribution in [3.05, 3.63) is 47.5 Å². The minimum absolute atomic E-state index is 0.314. The van der Waals surface area contributed by atoms with Crippen molar-refractivity contribution in [1.82, 2.24) is 0 Å². The lowest BCUT2D eigenvalue weighted by Crippen LogP contribution is -2.36. The first-order chi connectivity index (χ1) is 12.9. The first-order valence-electron chi connectivity index (χ1n) is 9.50. The molecule has 3 atom stereocenters. The van der Waals surface area contributed by atoms with Gasteiger partial charge in [0, 0.05) is 12.8 Å². The number of rotatable bonds is 6. The van der Waals surface area contributed by atoms with Crippen molar-refractivity contribution in [2.45, 2.75) is 62.8 Å². The van der Waals surface area contributed by atoms with Crippen molar-refractivity contribution in [1.29, 1.82) is 0 Å². The van der Waals surface area contributed by atoms with E-state index in [0.29, 0.717) is 13.2 Å². The van der Waals surface area contributed by atoms with Gasteiger partial charge in [-0.05, 0) is 30.1 Å². The second-order valence-electron chi connectivity index (χ2n) is 7.58. The second-order valence-corrected chi connectivity index (χ2v) is 9.18. The first-order valence-corrected chi connectivity index (χ1v) is 11.3. The average Bonchev–Trinajstić information content (AvgIpc) is 3.12. The molecule has 0 unspecified atom stereocenters. The molecule has 148 valence electrons. The largest absolute Gasteiger partial charge is 0.372 e. The van der Waals surface area contributed by atoms with E-state index in [1.807, 2.05) is 30.3 Å². The van der Waals surface area contributed by atoms with Crippen LogP contribution in [0, 0.1) is 0 Å². The molecule has 1 aromatic carbocycles. The fourth-order valence-corrected chi connectivity index (χ4v) is 4.73. The maximum atomic E-state index is 11.7. The number of benzene rings is 1. The minimum atomic E-state index is -3.60. The number of ether oxygens (including phenoxy) is 3. The van der Waals surface area contributed by atoms with Gasteiger partial charge in [0.2, 0.25) is 0 Å². The van der Waals surface area contributed by atoms with Crippen LogP contribution in [0.15, 0.2) is 42.0 Å². The van der Waals surface area contributed by atoms with Crippen molar-refractivity contribution in [2.75, 3.05) is 12.9 Å². The van der Waals surface area contributed by atoms with Gasteiger partial charge in [0.1, 0.15) is 18.3 Å². The van der Waals surface area contributed by atoms with Crippen molar-refractivity contribution in [3.63, 3.8) is 0 Å². The maximum Gasteiger partial charge on any atom is 0.265 e. The summed E-state index contributed by atoms with van der Waals surface area (Å²) in [6, 6.07) is 9.93. The highest BCUT2D eigenvalue weighted by Gasteiger charge is 2.55. The predicted octanol–water partition coefficient (Wildman–Crippen LogP) is 2.93. The Hall–Kier alpha value is -1.25. The molecule has 1 saturated heterocycles. The number of hydrogen-bond acceptors (Lipinski definition) is 6. The zero-order valence-electron chi connectivity index (χ0n) is 15.5. The second kappa shape index (κ2) is 7.64. The van der Waals surface area contributed by atoms with Crippen molar-refractivity contribution < 1.29 is 26.8 Å². The van der Waals surface area contributed by atoms with E-state index in [0.717, 1.165) is 43.1 Å². The smallest absolute Gasteiger partial charge is 0.265 e. The Morgan fingerprint density at radius 1 is 1.07 bits per heavy atom. The fourth-order valence-electron chi connectivity index (χ4n) is 4.16. The average molecular weight is 394 g/mol. The molecule has 1 heterocycles. The summed E-state index contributed by atoms with van der Waals surface area (Å²) in [4.78, 5) is 0. The van der Waals surface area contributed by atoms with E-state index in [1.54, 1.807) is 6.08 Å². The summed E-state index contributed by atoms with van der Waals surface area (Å²) in [6.07, 6.45) is 6.40. The minimum Gasteiger partial charge on any atom is -0.372 e. The normalized spacial score (nSPS) is 29.7. The van der Waals surface area contributed by atoms with Crippen molar-refractivity contribution in [2.24, 2.45) is 0 Å². The molecule has 1 aromatic rings. The van der Waals surface area contributed by atoms with Gasteiger partial charge in [-0.2, -0.15) is 8.42 Å². The van der Waals surface area contributed by atoms with E-state index in [-0.39, 0.29) is 6.10 Å². The summed E-state index contributed by atoms with van der Waals surface area (Å²) >= 11 is 0. The Bertz CT molecular complexity index is 782. The molecule has 0 amide bonds. The van der Waals surface area contributed by atoms with Crippen LogP contribution in [0.4, 0.5) is 0 Å². The summed E-state index contributed by atoms with van der Waals surface area (Å²) in [7, 11) is -3.60. The topological polar surface area (TPSA) is 71.1 Å². The lowest BCUT2D eigenvalue weighted by molar-refractivity contribution is -0.197. The van der Waals surface area contributed by atoms with E-state index in [9.17, 15) is 8.42 Å². The van der Waals surface area contributed by atoms with E-state index >= 15 is 0 Å². The molecular formula is C20H26O6S. The lowest BCUT2D eigenvalue weighted by atomic mass is 9.94. The Morgan fingerprint density at radius 3 is 2.52 bits per heavy atom. The Labute approximate surface area is 160 Å². The summed E-state index contributed by atoms with van der Waals surface area (Å²) in [6.45, 7) is 0.846. The van der Waals surface area contributed by atoms with Gasteiger partial charge >= 0.3 is 0 Å². The van der Waals surface area contributed by atoms with Crippen LogP contribution in [-0.4, -0.2) is 45.4 Å². The molecule has 27 heavy (non-hydrogen) atoms. The molecule has 2 fully saturated rings. The third-order valence-corrected chi connectivity index (χ3v) is 5.91. The van der Waals surface area contributed by atoms with Gasteiger partial charge in [-0.25, -0.2) is 0 Å². The molecule has 0 N–H and O–H groups in total. The zero-order valence-corrected chi connectivity index (χ0v) is 16.3. The molecule has 0 aromatic heterocycles. The lowest BCUT2D eigenvalue weighted by Gasteiger charge is -2.33. The van der Waals surface area contributed by atoms with E-state index in [1.165, 1.54) is 6.42 Å². The monoisotopic (exact) mass is 394 g/mol. The summed E-state index contributed by atoms with van der Waals surface area (Å²) in [5, 5.41) is 0. The Kier molecular flexibility index (Phi) is 5.40. The van der Waals surface area contributed by atoms with E-state index < -0.39 is 28.1 Å². The van der Waals surface area contributed by atoms with Crippen molar-refractivity contribution in [3.8, 4) is 0 Å². The van der Waals surface area contributed by atoms with Crippen LogP contribution in [0.1, 0.15) is 37.7 Å². The van der Waals surface area contributed by atoms with Crippen LogP contribution >= 0.6 is 0 Å². The Morgan fingerprint density at radius 2 is 1.81 bits per heavy atom. The zero-order chi connectivity index (χ0) is 18.9. The molecule has 2 aliphatic carbocycles. The highest BCUT2D eigenvalue weighted by molar-refractivity contribution is 7.86. The van der Waals surface area contributed by atoms with Crippen LogP contribution in [0.3, 0.4) is 0 Å². The predicted molar refractivity (Wildman–Crippen MR) is 99.5 cm³/mol. The highest BCUT2D eigenvalue weighted by atomic mass is 32.2. The maximum absolute atomic E-state index is 11.7. The van der Waals surface area contributed by atoms with Gasteiger partial charge < -0.3 is 14.2 Å². The molecule has 7 heteroatoms. The van der Waals surface area contributed by atoms with Gasteiger partial charge in [-0.3, -0.25) is 4.18 Å². The van der Waals surface area contributed by atoms with Crippen molar-refractivity contribution >= 4 is 10.1 Å². The summed E-state index contributed by atoms with van der Waals surface area (Å²) in [5.41, 5.74) is 1.98. The van der Waals surface area contributed by atoms with Crippen LogP contribution in [0.25, 0.3) is 0 Å². The van der Waals surface area contributed by atoms with Crippen LogP contribution in [-0.2, 0) is 35.1 Å². The van der Waals surface area contributed by atoms with Crippen LogP contribution in [0.5, 0.6) is 0 Å². The Balaban J connectivity index is 1.46. The molecule has 0 radical (unpaired) electrons. The van der Waals surface area contributed by atoms with Gasteiger partial charge in [0.15, 0.2) is 5.79 Å². The molecule has 0 bridgehead atoms. The molecule has 1 spiro atoms. The van der Waals surface area contributed by atoms with Crippen LogP contribution < -0.4 is 0 Å². The van der Waals surface area contributed by atoms with Gasteiger partial charge in [0.25, 0.3) is 10.1 Å². The number of fused-ring (bicyclic) bond motifs is 1. The molecule has 4 rings (SSSR count). The third kappa shape index (κ3) is 4.43. The highest BCUT2D eigenvalue weighted by Crippen LogP contribution is 2.46.